The first kappa shape index (κ1) is 25.7. The highest BCUT2D eigenvalue weighted by Gasteiger charge is 2.85. The Labute approximate surface area is 222 Å². The van der Waals surface area contributed by atoms with Gasteiger partial charge in [0.25, 0.3) is 0 Å². The van der Waals surface area contributed by atoms with E-state index < -0.39 is 5.97 Å². The third kappa shape index (κ3) is 2.28. The lowest BCUT2D eigenvalue weighted by Gasteiger charge is -2.88. The normalized spacial score (nSPS) is 55.9. The van der Waals surface area contributed by atoms with Crippen LogP contribution in [0.2, 0.25) is 0 Å². The van der Waals surface area contributed by atoms with Gasteiger partial charge in [-0.05, 0) is 131 Å². The maximum atomic E-state index is 12.3. The summed E-state index contributed by atoms with van der Waals surface area (Å²) in [5.41, 5.74) is 2.34. The molecule has 0 spiro atoms. The van der Waals surface area contributed by atoms with Crippen molar-refractivity contribution < 1.29 is 9.90 Å². The Morgan fingerprint density at radius 2 is 1.33 bits per heavy atom. The molecule has 9 aliphatic rings. The molecule has 0 aliphatic heterocycles. The molecule has 0 aromatic carbocycles. The first-order valence-corrected chi connectivity index (χ1v) is 15.6. The molecule has 9 aliphatic carbocycles. The zero-order valence-corrected chi connectivity index (χ0v) is 25.3. The third-order valence-corrected chi connectivity index (χ3v) is 17.0. The van der Waals surface area contributed by atoms with E-state index in [9.17, 15) is 9.90 Å². The van der Waals surface area contributed by atoms with Gasteiger partial charge >= 0.3 is 5.97 Å². The number of rotatable bonds is 5. The molecule has 36 heavy (non-hydrogen) atoms. The molecule has 0 heterocycles. The topological polar surface area (TPSA) is 37.3 Å². The van der Waals surface area contributed by atoms with E-state index in [1.807, 2.05) is 6.92 Å². The first-order chi connectivity index (χ1) is 16.4. The van der Waals surface area contributed by atoms with E-state index >= 15 is 0 Å². The second-order valence-corrected chi connectivity index (χ2v) is 17.7. The summed E-state index contributed by atoms with van der Waals surface area (Å²) in [7, 11) is 0. The van der Waals surface area contributed by atoms with E-state index in [1.54, 1.807) is 0 Å². The number of carboxylic acid groups (broad SMARTS) is 1. The van der Waals surface area contributed by atoms with E-state index in [1.165, 1.54) is 57.8 Å². The fourth-order valence-corrected chi connectivity index (χ4v) is 14.6. The van der Waals surface area contributed by atoms with Crippen LogP contribution in [0.15, 0.2) is 0 Å². The highest BCUT2D eigenvalue weighted by molar-refractivity contribution is 5.69. The van der Waals surface area contributed by atoms with Gasteiger partial charge in [-0.25, -0.2) is 0 Å². The largest absolute Gasteiger partial charge is 0.481 e. The number of hydrogen-bond acceptors (Lipinski definition) is 1. The van der Waals surface area contributed by atoms with Gasteiger partial charge in [0.1, 0.15) is 0 Å². The van der Waals surface area contributed by atoms with Crippen molar-refractivity contribution in [2.75, 3.05) is 0 Å². The van der Waals surface area contributed by atoms with Gasteiger partial charge in [0, 0.05) is 0 Å². The van der Waals surface area contributed by atoms with Crippen molar-refractivity contribution in [2.45, 2.75) is 133 Å². The van der Waals surface area contributed by atoms with Crippen LogP contribution < -0.4 is 0 Å². The van der Waals surface area contributed by atoms with Gasteiger partial charge in [0.2, 0.25) is 0 Å². The Morgan fingerprint density at radius 1 is 0.778 bits per heavy atom. The van der Waals surface area contributed by atoms with E-state index in [-0.39, 0.29) is 27.6 Å². The molecule has 204 valence electrons. The van der Waals surface area contributed by atoms with Crippen molar-refractivity contribution in [3.05, 3.63) is 0 Å². The third-order valence-electron chi connectivity index (χ3n) is 17.0. The molecule has 6 bridgehead atoms. The van der Waals surface area contributed by atoms with Crippen LogP contribution in [0.4, 0.5) is 0 Å². The quantitative estimate of drug-likeness (QED) is 0.412. The maximum Gasteiger partial charge on any atom is 0.306 e. The molecule has 10 unspecified atom stereocenters. The summed E-state index contributed by atoms with van der Waals surface area (Å²) >= 11 is 0. The Balaban J connectivity index is 1.54. The van der Waals surface area contributed by atoms with Crippen LogP contribution in [0.5, 0.6) is 0 Å². The SMILES string of the molecule is CC(CC12CC(CCC1(C)C1(C)CCC3CC1(C1(C)CCC4CC1C4(C)C)C3(C)C)C2(C)C)C(=O)O. The van der Waals surface area contributed by atoms with Crippen molar-refractivity contribution in [3.63, 3.8) is 0 Å². The Kier molecular flexibility index (Phi) is 4.85. The average Bonchev–Trinajstić information content (AvgIpc) is 2.79. The summed E-state index contributed by atoms with van der Waals surface area (Å²) in [5.74, 6) is 2.56. The van der Waals surface area contributed by atoms with Crippen LogP contribution in [0.1, 0.15) is 133 Å². The number of carboxylic acids is 1. The van der Waals surface area contributed by atoms with Gasteiger partial charge in [-0.15, -0.1) is 0 Å². The second-order valence-electron chi connectivity index (χ2n) is 17.7. The van der Waals surface area contributed by atoms with Crippen molar-refractivity contribution in [1.29, 1.82) is 0 Å². The number of carbonyl (C=O) groups is 1. The molecule has 9 fully saturated rings. The van der Waals surface area contributed by atoms with Gasteiger partial charge in [-0.1, -0.05) is 69.2 Å². The minimum Gasteiger partial charge on any atom is -0.481 e. The van der Waals surface area contributed by atoms with E-state index in [0.717, 1.165) is 30.1 Å². The molecule has 10 atom stereocenters. The summed E-state index contributed by atoms with van der Waals surface area (Å²) in [6.07, 6.45) is 13.2. The van der Waals surface area contributed by atoms with E-state index in [2.05, 4.69) is 62.3 Å². The molecule has 2 heteroatoms. The summed E-state index contributed by atoms with van der Waals surface area (Å²) in [5, 5.41) is 10.1. The molecular weight excluding hydrogens is 440 g/mol. The fraction of sp³-hybridized carbons (Fsp3) is 0.971. The standard InChI is InChI=1S/C34H56O2/c1-21(26(35)36)18-33-19-23(28(33,4)5)12-15-31(33,9)32(10)16-13-24-20-34(32,29(24,6)7)30(8)14-11-22-17-25(30)27(22,2)3/h21-25H,11-20H2,1-10H3,(H,35,36). The lowest BCUT2D eigenvalue weighted by atomic mass is 9.16. The maximum absolute atomic E-state index is 12.3. The minimum atomic E-state index is -0.592. The van der Waals surface area contributed by atoms with Gasteiger partial charge in [-0.3, -0.25) is 4.79 Å². The predicted octanol–water partition coefficient (Wildman–Crippen LogP) is 9.22. The molecule has 9 saturated carbocycles. The zero-order chi connectivity index (χ0) is 26.5. The van der Waals surface area contributed by atoms with Crippen molar-refractivity contribution >= 4 is 5.97 Å². The molecule has 0 aromatic heterocycles. The summed E-state index contributed by atoms with van der Waals surface area (Å²) in [6, 6.07) is 0. The van der Waals surface area contributed by atoms with Gasteiger partial charge in [0.15, 0.2) is 0 Å². The summed E-state index contributed by atoms with van der Waals surface area (Å²) in [4.78, 5) is 12.3. The van der Waals surface area contributed by atoms with Crippen LogP contribution in [0.3, 0.4) is 0 Å². The highest BCUT2D eigenvalue weighted by atomic mass is 16.4. The summed E-state index contributed by atoms with van der Waals surface area (Å²) < 4.78 is 0. The van der Waals surface area contributed by atoms with Crippen LogP contribution >= 0.6 is 0 Å². The Hall–Kier alpha value is -0.530. The van der Waals surface area contributed by atoms with Gasteiger partial charge in [0.05, 0.1) is 5.92 Å². The second kappa shape index (κ2) is 6.78. The molecule has 0 aromatic rings. The lowest BCUT2D eigenvalue weighted by molar-refractivity contribution is -0.404. The lowest BCUT2D eigenvalue weighted by Crippen LogP contribution is -2.82. The molecule has 0 radical (unpaired) electrons. The van der Waals surface area contributed by atoms with Crippen molar-refractivity contribution in [2.24, 2.45) is 72.9 Å². The number of fused-ring (bicyclic) bond motifs is 7. The van der Waals surface area contributed by atoms with Crippen molar-refractivity contribution in [1.82, 2.24) is 0 Å². The molecule has 0 saturated heterocycles. The highest BCUT2D eigenvalue weighted by Crippen LogP contribution is 2.92. The Morgan fingerprint density at radius 3 is 1.83 bits per heavy atom. The van der Waals surface area contributed by atoms with Crippen LogP contribution in [0.25, 0.3) is 0 Å². The minimum absolute atomic E-state index is 0.129. The Bertz CT molecular complexity index is 989. The fourth-order valence-electron chi connectivity index (χ4n) is 14.6. The monoisotopic (exact) mass is 496 g/mol. The predicted molar refractivity (Wildman–Crippen MR) is 147 cm³/mol. The van der Waals surface area contributed by atoms with Gasteiger partial charge in [-0.2, -0.15) is 0 Å². The molecule has 1 N–H and O–H groups in total. The van der Waals surface area contributed by atoms with E-state index in [4.69, 9.17) is 0 Å². The molecule has 0 amide bonds. The molecular formula is C34H56O2. The molecule has 2 nitrogen and oxygen atoms in total. The zero-order valence-electron chi connectivity index (χ0n) is 25.3. The van der Waals surface area contributed by atoms with Crippen LogP contribution in [0, 0.1) is 72.9 Å². The number of aliphatic carboxylic acids is 1. The number of hydrogen-bond donors (Lipinski definition) is 1. The smallest absolute Gasteiger partial charge is 0.306 e. The van der Waals surface area contributed by atoms with Crippen LogP contribution in [-0.4, -0.2) is 11.1 Å². The van der Waals surface area contributed by atoms with E-state index in [0.29, 0.717) is 21.7 Å². The molecule has 9 rings (SSSR count). The summed E-state index contributed by atoms with van der Waals surface area (Å²) in [6.45, 7) is 25.9. The first-order valence-electron chi connectivity index (χ1n) is 15.6. The average molecular weight is 497 g/mol. The van der Waals surface area contributed by atoms with Crippen molar-refractivity contribution in [3.8, 4) is 0 Å². The van der Waals surface area contributed by atoms with Crippen LogP contribution in [-0.2, 0) is 4.79 Å². The van der Waals surface area contributed by atoms with Gasteiger partial charge < -0.3 is 5.11 Å².